The second-order valence-corrected chi connectivity index (χ2v) is 4.83. The Morgan fingerprint density at radius 3 is 2.45 bits per heavy atom. The van der Waals surface area contributed by atoms with E-state index in [1.54, 1.807) is 24.2 Å². The minimum atomic E-state index is -4.48. The van der Waals surface area contributed by atoms with E-state index in [0.29, 0.717) is 17.4 Å². The van der Waals surface area contributed by atoms with Crippen molar-refractivity contribution in [1.82, 2.24) is 14.8 Å². The standard InChI is InChI=1S/C12H12ClF3N4/c1-19-6-8(13)5-9(19)7-20(2)11-4-3-10(17-18-11)12(14,15)16/h3-6H,7H2,1-2H3. The molecule has 0 spiro atoms. The van der Waals surface area contributed by atoms with Gasteiger partial charge in [-0.2, -0.15) is 13.2 Å². The van der Waals surface area contributed by atoms with E-state index in [9.17, 15) is 13.2 Å². The van der Waals surface area contributed by atoms with Crippen LogP contribution in [0.5, 0.6) is 0 Å². The molecule has 0 N–H and O–H groups in total. The van der Waals surface area contributed by atoms with Crippen LogP contribution in [0.3, 0.4) is 0 Å². The normalized spacial score (nSPS) is 11.7. The summed E-state index contributed by atoms with van der Waals surface area (Å²) in [6.07, 6.45) is -2.72. The summed E-state index contributed by atoms with van der Waals surface area (Å²) in [4.78, 5) is 1.69. The van der Waals surface area contributed by atoms with Crippen LogP contribution in [0.25, 0.3) is 0 Å². The monoisotopic (exact) mass is 304 g/mol. The molecular weight excluding hydrogens is 293 g/mol. The van der Waals surface area contributed by atoms with Gasteiger partial charge in [0, 0.05) is 26.0 Å². The van der Waals surface area contributed by atoms with Gasteiger partial charge < -0.3 is 9.47 Å². The molecule has 0 unspecified atom stereocenters. The first kappa shape index (κ1) is 14.6. The molecule has 0 saturated carbocycles. The molecule has 2 rings (SSSR count). The van der Waals surface area contributed by atoms with E-state index in [4.69, 9.17) is 11.6 Å². The Balaban J connectivity index is 2.13. The first-order chi connectivity index (χ1) is 9.27. The summed E-state index contributed by atoms with van der Waals surface area (Å²) in [7, 11) is 3.56. The third-order valence-corrected chi connectivity index (χ3v) is 3.01. The van der Waals surface area contributed by atoms with Crippen LogP contribution >= 0.6 is 11.6 Å². The number of hydrogen-bond donors (Lipinski definition) is 0. The van der Waals surface area contributed by atoms with Crippen molar-refractivity contribution in [3.05, 3.63) is 40.8 Å². The molecule has 0 amide bonds. The number of nitrogens with zero attached hydrogens (tertiary/aromatic N) is 4. The first-order valence-corrected chi connectivity index (χ1v) is 6.08. The number of aromatic nitrogens is 3. The molecule has 0 aliphatic heterocycles. The lowest BCUT2D eigenvalue weighted by molar-refractivity contribution is -0.141. The Morgan fingerprint density at radius 1 is 1.30 bits per heavy atom. The third kappa shape index (κ3) is 3.22. The van der Waals surface area contributed by atoms with E-state index in [1.807, 2.05) is 11.6 Å². The highest BCUT2D eigenvalue weighted by Gasteiger charge is 2.33. The average molecular weight is 305 g/mol. The van der Waals surface area contributed by atoms with E-state index < -0.39 is 11.9 Å². The molecule has 0 radical (unpaired) electrons. The fourth-order valence-corrected chi connectivity index (χ4v) is 2.00. The van der Waals surface area contributed by atoms with Gasteiger partial charge in [-0.15, -0.1) is 10.2 Å². The number of hydrogen-bond acceptors (Lipinski definition) is 3. The molecule has 4 nitrogen and oxygen atoms in total. The molecule has 8 heteroatoms. The zero-order chi connectivity index (χ0) is 14.9. The lowest BCUT2D eigenvalue weighted by Gasteiger charge is -2.18. The third-order valence-electron chi connectivity index (χ3n) is 2.81. The van der Waals surface area contributed by atoms with Crippen LogP contribution in [0.2, 0.25) is 5.02 Å². The summed E-state index contributed by atoms with van der Waals surface area (Å²) in [5.41, 5.74) is -0.0873. The van der Waals surface area contributed by atoms with Crippen molar-refractivity contribution in [1.29, 1.82) is 0 Å². The Labute approximate surface area is 118 Å². The molecule has 0 atom stereocenters. The summed E-state index contributed by atoms with van der Waals surface area (Å²) < 4.78 is 39.0. The fraction of sp³-hybridized carbons (Fsp3) is 0.333. The highest BCUT2D eigenvalue weighted by Crippen LogP contribution is 2.27. The lowest BCUT2D eigenvalue weighted by Crippen LogP contribution is -2.20. The maximum Gasteiger partial charge on any atom is 0.435 e. The predicted octanol–water partition coefficient (Wildman–Crippen LogP) is 3.12. The molecule has 0 fully saturated rings. The molecule has 2 aromatic rings. The minimum Gasteiger partial charge on any atom is -0.352 e. The van der Waals surface area contributed by atoms with Gasteiger partial charge in [-0.3, -0.25) is 0 Å². The van der Waals surface area contributed by atoms with Gasteiger partial charge in [0.25, 0.3) is 0 Å². The number of aryl methyl sites for hydroxylation is 1. The second kappa shape index (κ2) is 5.32. The Hall–Kier alpha value is -1.76. The van der Waals surface area contributed by atoms with Crippen LogP contribution in [-0.2, 0) is 19.8 Å². The summed E-state index contributed by atoms with van der Waals surface area (Å²) >= 11 is 5.87. The second-order valence-electron chi connectivity index (χ2n) is 4.39. The molecule has 0 aromatic carbocycles. The minimum absolute atomic E-state index is 0.357. The molecule has 0 saturated heterocycles. The summed E-state index contributed by atoms with van der Waals surface area (Å²) in [5, 5.41) is 7.39. The van der Waals surface area contributed by atoms with Gasteiger partial charge >= 0.3 is 6.18 Å². The Morgan fingerprint density at radius 2 is 2.00 bits per heavy atom. The summed E-state index contributed by atoms with van der Waals surface area (Å²) in [6, 6.07) is 3.99. The van der Waals surface area contributed by atoms with Crippen molar-refractivity contribution < 1.29 is 13.2 Å². The van der Waals surface area contributed by atoms with Gasteiger partial charge in [-0.25, -0.2) is 0 Å². The highest BCUT2D eigenvalue weighted by molar-refractivity contribution is 6.30. The fourth-order valence-electron chi connectivity index (χ4n) is 1.73. The highest BCUT2D eigenvalue weighted by atomic mass is 35.5. The zero-order valence-electron chi connectivity index (χ0n) is 10.8. The van der Waals surface area contributed by atoms with E-state index in [2.05, 4.69) is 10.2 Å². The van der Waals surface area contributed by atoms with Crippen LogP contribution in [0, 0.1) is 0 Å². The van der Waals surface area contributed by atoms with Crippen LogP contribution in [0.1, 0.15) is 11.4 Å². The van der Waals surface area contributed by atoms with Gasteiger partial charge in [-0.05, 0) is 18.2 Å². The van der Waals surface area contributed by atoms with Crippen molar-refractivity contribution >= 4 is 17.4 Å². The molecular formula is C12H12ClF3N4. The van der Waals surface area contributed by atoms with Crippen molar-refractivity contribution in [2.45, 2.75) is 12.7 Å². The molecule has 0 bridgehead atoms. The molecule has 0 aliphatic rings. The molecule has 108 valence electrons. The van der Waals surface area contributed by atoms with E-state index >= 15 is 0 Å². The maximum atomic E-state index is 12.4. The van der Waals surface area contributed by atoms with Crippen molar-refractivity contribution in [2.75, 3.05) is 11.9 Å². The van der Waals surface area contributed by atoms with Crippen molar-refractivity contribution in [2.24, 2.45) is 7.05 Å². The molecule has 0 aliphatic carbocycles. The van der Waals surface area contributed by atoms with Gasteiger partial charge in [-0.1, -0.05) is 11.6 Å². The average Bonchev–Trinajstić information content (AvgIpc) is 2.67. The topological polar surface area (TPSA) is 34.0 Å². The van der Waals surface area contributed by atoms with Crippen molar-refractivity contribution in [3.8, 4) is 0 Å². The van der Waals surface area contributed by atoms with Crippen molar-refractivity contribution in [3.63, 3.8) is 0 Å². The van der Waals surface area contributed by atoms with Crippen LogP contribution in [-0.4, -0.2) is 21.8 Å². The zero-order valence-corrected chi connectivity index (χ0v) is 11.6. The number of anilines is 1. The molecule has 2 heterocycles. The lowest BCUT2D eigenvalue weighted by atomic mass is 10.3. The van der Waals surface area contributed by atoms with E-state index in [1.165, 1.54) is 6.07 Å². The predicted molar refractivity (Wildman–Crippen MR) is 69.6 cm³/mol. The van der Waals surface area contributed by atoms with Crippen LogP contribution in [0.4, 0.5) is 19.0 Å². The van der Waals surface area contributed by atoms with Gasteiger partial charge in [0.05, 0.1) is 11.6 Å². The quantitative estimate of drug-likeness (QED) is 0.873. The Bertz CT molecular complexity index is 592. The summed E-state index contributed by atoms with van der Waals surface area (Å²) in [6.45, 7) is 0.462. The largest absolute Gasteiger partial charge is 0.435 e. The van der Waals surface area contributed by atoms with Gasteiger partial charge in [0.15, 0.2) is 11.5 Å². The van der Waals surface area contributed by atoms with E-state index in [0.717, 1.165) is 11.8 Å². The van der Waals surface area contributed by atoms with Crippen LogP contribution in [0.15, 0.2) is 24.4 Å². The van der Waals surface area contributed by atoms with Crippen LogP contribution < -0.4 is 4.90 Å². The maximum absolute atomic E-state index is 12.4. The smallest absolute Gasteiger partial charge is 0.352 e. The number of halogens is 4. The Kier molecular flexibility index (Phi) is 3.89. The van der Waals surface area contributed by atoms with Gasteiger partial charge in [0.2, 0.25) is 0 Å². The molecule has 20 heavy (non-hydrogen) atoms. The van der Waals surface area contributed by atoms with E-state index in [-0.39, 0.29) is 0 Å². The summed E-state index contributed by atoms with van der Waals surface area (Å²) in [5.74, 6) is 0.357. The molecule has 2 aromatic heterocycles. The van der Waals surface area contributed by atoms with Gasteiger partial charge in [0.1, 0.15) is 0 Å². The SMILES string of the molecule is CN(Cc1cc(Cl)cn1C)c1ccc(C(F)(F)F)nn1. The first-order valence-electron chi connectivity index (χ1n) is 5.70. The number of rotatable bonds is 3. The number of alkyl halides is 3.